The number of hydrogen-bond acceptors (Lipinski definition) is 4. The summed E-state index contributed by atoms with van der Waals surface area (Å²) in [5.74, 6) is 0.983. The molecule has 1 aliphatic rings. The number of nitrogens with one attached hydrogen (secondary N) is 1. The Morgan fingerprint density at radius 2 is 1.87 bits per heavy atom. The second kappa shape index (κ2) is 15.8. The summed E-state index contributed by atoms with van der Waals surface area (Å²) in [5.41, 5.74) is 2.67. The Balaban J connectivity index is 0.00000450. The maximum atomic E-state index is 5.97. The number of piperidine rings is 1. The van der Waals surface area contributed by atoms with E-state index in [1.165, 1.54) is 11.1 Å². The molecule has 0 saturated carbocycles. The van der Waals surface area contributed by atoms with E-state index in [-0.39, 0.29) is 24.0 Å². The summed E-state index contributed by atoms with van der Waals surface area (Å²) in [4.78, 5) is 9.28. The molecule has 1 heterocycles. The fourth-order valence-electron chi connectivity index (χ4n) is 3.74. The molecule has 7 heteroatoms. The zero-order valence-corrected chi connectivity index (χ0v) is 21.6. The number of methoxy groups -OCH3 is 1. The van der Waals surface area contributed by atoms with Crippen molar-refractivity contribution in [1.29, 1.82) is 0 Å². The van der Waals surface area contributed by atoms with Crippen molar-refractivity contribution in [2.45, 2.75) is 52.3 Å². The summed E-state index contributed by atoms with van der Waals surface area (Å²) >= 11 is 0. The molecule has 0 spiro atoms. The number of halogens is 1. The van der Waals surface area contributed by atoms with Crippen LogP contribution in [0.25, 0.3) is 0 Å². The summed E-state index contributed by atoms with van der Waals surface area (Å²) in [7, 11) is 3.60. The molecular formula is C23H41IN4O2. The second-order valence-corrected chi connectivity index (χ2v) is 7.59. The molecule has 1 aromatic rings. The first kappa shape index (κ1) is 27.1. The predicted molar refractivity (Wildman–Crippen MR) is 136 cm³/mol. The number of benzene rings is 1. The van der Waals surface area contributed by atoms with Crippen LogP contribution in [0.4, 0.5) is 0 Å². The number of likely N-dealkylation sites (tertiary alicyclic amines) is 1. The molecule has 6 nitrogen and oxygen atoms in total. The zero-order chi connectivity index (χ0) is 20.9. The highest BCUT2D eigenvalue weighted by Crippen LogP contribution is 2.15. The SMILES string of the molecule is CCN(CC)Cc1cccc(CNC(=NC)N2CCC(OCCCOC)CC2)c1.I. The quantitative estimate of drug-likeness (QED) is 0.204. The first-order valence-electron chi connectivity index (χ1n) is 11.1. The van der Waals surface area contributed by atoms with E-state index in [0.717, 1.165) is 77.7 Å². The minimum Gasteiger partial charge on any atom is -0.385 e. The topological polar surface area (TPSA) is 49.3 Å². The van der Waals surface area contributed by atoms with E-state index in [2.05, 4.69) is 58.2 Å². The molecule has 0 atom stereocenters. The molecule has 0 aromatic heterocycles. The average molecular weight is 533 g/mol. The van der Waals surface area contributed by atoms with Crippen molar-refractivity contribution in [1.82, 2.24) is 15.1 Å². The molecule has 1 aromatic carbocycles. The van der Waals surface area contributed by atoms with Crippen molar-refractivity contribution in [3.63, 3.8) is 0 Å². The van der Waals surface area contributed by atoms with Gasteiger partial charge in [-0.25, -0.2) is 0 Å². The van der Waals surface area contributed by atoms with Gasteiger partial charge in [0.2, 0.25) is 0 Å². The number of rotatable bonds is 11. The van der Waals surface area contributed by atoms with Gasteiger partial charge in [-0.2, -0.15) is 0 Å². The molecule has 1 N–H and O–H groups in total. The second-order valence-electron chi connectivity index (χ2n) is 7.59. The van der Waals surface area contributed by atoms with Crippen LogP contribution in [-0.2, 0) is 22.6 Å². The summed E-state index contributed by atoms with van der Waals surface area (Å²) < 4.78 is 11.0. The maximum absolute atomic E-state index is 5.97. The largest absolute Gasteiger partial charge is 0.385 e. The van der Waals surface area contributed by atoms with Gasteiger partial charge in [0, 0.05) is 53.6 Å². The monoisotopic (exact) mass is 532 g/mol. The fraction of sp³-hybridized carbons (Fsp3) is 0.696. The van der Waals surface area contributed by atoms with Gasteiger partial charge < -0.3 is 19.7 Å². The molecule has 0 bridgehead atoms. The van der Waals surface area contributed by atoms with Crippen LogP contribution >= 0.6 is 24.0 Å². The van der Waals surface area contributed by atoms with Crippen LogP contribution in [0.15, 0.2) is 29.3 Å². The van der Waals surface area contributed by atoms with Crippen molar-refractivity contribution in [2.24, 2.45) is 4.99 Å². The van der Waals surface area contributed by atoms with Crippen molar-refractivity contribution in [3.8, 4) is 0 Å². The van der Waals surface area contributed by atoms with Crippen LogP contribution in [0, 0.1) is 0 Å². The number of hydrogen-bond donors (Lipinski definition) is 1. The minimum atomic E-state index is 0. The Kier molecular flexibility index (Phi) is 14.3. The first-order chi connectivity index (χ1) is 14.2. The van der Waals surface area contributed by atoms with Gasteiger partial charge in [0.1, 0.15) is 0 Å². The molecule has 0 amide bonds. The van der Waals surface area contributed by atoms with Crippen LogP contribution < -0.4 is 5.32 Å². The van der Waals surface area contributed by atoms with Gasteiger partial charge >= 0.3 is 0 Å². The van der Waals surface area contributed by atoms with Crippen molar-refractivity contribution >= 4 is 29.9 Å². The van der Waals surface area contributed by atoms with Gasteiger partial charge in [-0.15, -0.1) is 24.0 Å². The first-order valence-corrected chi connectivity index (χ1v) is 11.1. The zero-order valence-electron chi connectivity index (χ0n) is 19.2. The summed E-state index contributed by atoms with van der Waals surface area (Å²) in [5, 5.41) is 3.54. The van der Waals surface area contributed by atoms with Gasteiger partial charge in [0.15, 0.2) is 5.96 Å². The number of ether oxygens (including phenoxy) is 2. The number of nitrogens with zero attached hydrogens (tertiary/aromatic N) is 3. The fourth-order valence-corrected chi connectivity index (χ4v) is 3.74. The highest BCUT2D eigenvalue weighted by atomic mass is 127. The summed E-state index contributed by atoms with van der Waals surface area (Å²) in [6, 6.07) is 8.86. The van der Waals surface area contributed by atoms with Crippen molar-refractivity contribution < 1.29 is 9.47 Å². The molecule has 2 rings (SSSR count). The standard InChI is InChI=1S/C23H40N4O2.HI/c1-5-26(6-2)19-21-10-7-9-20(17-21)18-25-23(24-3)27-13-11-22(12-14-27)29-16-8-15-28-4;/h7,9-10,17,22H,5-6,8,11-16,18-19H2,1-4H3,(H,24,25);1H. The average Bonchev–Trinajstić information content (AvgIpc) is 2.76. The van der Waals surface area contributed by atoms with Gasteiger partial charge in [0.25, 0.3) is 0 Å². The van der Waals surface area contributed by atoms with Gasteiger partial charge in [-0.3, -0.25) is 9.89 Å². The lowest BCUT2D eigenvalue weighted by atomic mass is 10.1. The Bertz CT molecular complexity index is 603. The van der Waals surface area contributed by atoms with Gasteiger partial charge in [-0.05, 0) is 43.5 Å². The van der Waals surface area contributed by atoms with E-state index in [0.29, 0.717) is 6.10 Å². The normalized spacial score (nSPS) is 15.4. The third-order valence-corrected chi connectivity index (χ3v) is 5.54. The maximum Gasteiger partial charge on any atom is 0.193 e. The predicted octanol–water partition coefficient (Wildman–Crippen LogP) is 3.74. The molecule has 0 aliphatic carbocycles. The summed E-state index contributed by atoms with van der Waals surface area (Å²) in [6.45, 7) is 11.9. The van der Waals surface area contributed by atoms with E-state index in [4.69, 9.17) is 9.47 Å². The Hall–Kier alpha value is -0.900. The molecule has 0 radical (unpaired) electrons. The molecule has 1 saturated heterocycles. The van der Waals surface area contributed by atoms with E-state index in [9.17, 15) is 0 Å². The molecule has 1 aliphatic heterocycles. The molecule has 172 valence electrons. The van der Waals surface area contributed by atoms with Crippen LogP contribution in [-0.4, -0.2) is 75.4 Å². The van der Waals surface area contributed by atoms with E-state index in [1.54, 1.807) is 7.11 Å². The number of guanidine groups is 1. The third-order valence-electron chi connectivity index (χ3n) is 5.54. The van der Waals surface area contributed by atoms with Crippen LogP contribution in [0.2, 0.25) is 0 Å². The van der Waals surface area contributed by atoms with Crippen molar-refractivity contribution in [3.05, 3.63) is 35.4 Å². The smallest absolute Gasteiger partial charge is 0.193 e. The number of aliphatic imine (C=N–C) groups is 1. The van der Waals surface area contributed by atoms with Crippen LogP contribution in [0.1, 0.15) is 44.2 Å². The molecule has 30 heavy (non-hydrogen) atoms. The van der Waals surface area contributed by atoms with E-state index in [1.807, 2.05) is 7.05 Å². The van der Waals surface area contributed by atoms with E-state index >= 15 is 0 Å². The molecular weight excluding hydrogens is 491 g/mol. The van der Waals surface area contributed by atoms with Gasteiger partial charge in [0.05, 0.1) is 6.10 Å². The minimum absolute atomic E-state index is 0. The molecule has 0 unspecified atom stereocenters. The third kappa shape index (κ3) is 9.49. The molecule has 1 fully saturated rings. The lowest BCUT2D eigenvalue weighted by molar-refractivity contribution is 0.00989. The lowest BCUT2D eigenvalue weighted by Gasteiger charge is -2.34. The van der Waals surface area contributed by atoms with Crippen LogP contribution in [0.3, 0.4) is 0 Å². The van der Waals surface area contributed by atoms with Crippen molar-refractivity contribution in [2.75, 3.05) is 53.6 Å². The Labute approximate surface area is 200 Å². The highest BCUT2D eigenvalue weighted by Gasteiger charge is 2.21. The lowest BCUT2D eigenvalue weighted by Crippen LogP contribution is -2.46. The van der Waals surface area contributed by atoms with Crippen LogP contribution in [0.5, 0.6) is 0 Å². The Morgan fingerprint density at radius 3 is 2.50 bits per heavy atom. The Morgan fingerprint density at radius 1 is 1.17 bits per heavy atom. The summed E-state index contributed by atoms with van der Waals surface area (Å²) in [6.07, 6.45) is 3.42. The van der Waals surface area contributed by atoms with E-state index < -0.39 is 0 Å². The van der Waals surface area contributed by atoms with Gasteiger partial charge in [-0.1, -0.05) is 38.1 Å². The highest BCUT2D eigenvalue weighted by molar-refractivity contribution is 14.0.